The molecule has 0 bridgehead atoms. The Morgan fingerprint density at radius 3 is 2.32 bits per heavy atom. The standard InChI is InChI=1S/C26H32N4O3S/c1-27-12-9-23-19-24(7-8-25(23)27)34(32,33)30-13-10-22(11-14-30)26(31)29-17-15-28(16-18-29)20-21-5-3-2-4-6-21/h2-9,12,19,22H,10-11,13-18,20H2,1H3. The van der Waals surface area contributed by atoms with E-state index in [9.17, 15) is 13.2 Å². The first-order valence-electron chi connectivity index (χ1n) is 12.0. The molecule has 2 aromatic carbocycles. The zero-order valence-corrected chi connectivity index (χ0v) is 20.5. The van der Waals surface area contributed by atoms with Crippen LogP contribution in [-0.4, -0.2) is 72.3 Å². The van der Waals surface area contributed by atoms with Crippen molar-refractivity contribution in [2.45, 2.75) is 24.3 Å². The molecule has 1 amide bonds. The second kappa shape index (κ2) is 9.52. The number of aromatic nitrogens is 1. The first-order chi connectivity index (χ1) is 16.4. The highest BCUT2D eigenvalue weighted by molar-refractivity contribution is 7.89. The highest BCUT2D eigenvalue weighted by atomic mass is 32.2. The molecular weight excluding hydrogens is 448 g/mol. The molecule has 2 saturated heterocycles. The van der Waals surface area contributed by atoms with Crippen LogP contribution in [0.15, 0.2) is 65.7 Å². The second-order valence-electron chi connectivity index (χ2n) is 9.41. The zero-order valence-electron chi connectivity index (χ0n) is 19.6. The molecule has 5 rings (SSSR count). The molecule has 0 atom stereocenters. The Morgan fingerprint density at radius 1 is 0.912 bits per heavy atom. The Bertz CT molecular complexity index is 1260. The molecule has 1 aromatic heterocycles. The zero-order chi connectivity index (χ0) is 23.7. The number of fused-ring (bicyclic) bond motifs is 1. The lowest BCUT2D eigenvalue weighted by Gasteiger charge is -2.38. The molecule has 0 N–H and O–H groups in total. The van der Waals surface area contributed by atoms with E-state index >= 15 is 0 Å². The quantitative estimate of drug-likeness (QED) is 0.563. The van der Waals surface area contributed by atoms with Crippen LogP contribution >= 0.6 is 0 Å². The van der Waals surface area contributed by atoms with Gasteiger partial charge in [0.2, 0.25) is 15.9 Å². The molecule has 180 valence electrons. The predicted molar refractivity (Wildman–Crippen MR) is 133 cm³/mol. The number of benzene rings is 2. The summed E-state index contributed by atoms with van der Waals surface area (Å²) >= 11 is 0. The number of piperidine rings is 1. The number of carbonyl (C=O) groups excluding carboxylic acids is 1. The van der Waals surface area contributed by atoms with Crippen LogP contribution in [0.4, 0.5) is 0 Å². The number of sulfonamides is 1. The van der Waals surface area contributed by atoms with E-state index in [1.807, 2.05) is 40.9 Å². The summed E-state index contributed by atoms with van der Waals surface area (Å²) in [5, 5.41) is 0.917. The van der Waals surface area contributed by atoms with Crippen molar-refractivity contribution in [2.24, 2.45) is 13.0 Å². The third-order valence-corrected chi connectivity index (χ3v) is 9.13. The minimum absolute atomic E-state index is 0.0938. The Labute approximate surface area is 201 Å². The summed E-state index contributed by atoms with van der Waals surface area (Å²) in [5.41, 5.74) is 2.30. The topological polar surface area (TPSA) is 65.9 Å². The maximum atomic E-state index is 13.2. The maximum absolute atomic E-state index is 13.2. The number of piperazine rings is 1. The van der Waals surface area contributed by atoms with Crippen molar-refractivity contribution in [1.29, 1.82) is 0 Å². The smallest absolute Gasteiger partial charge is 0.243 e. The van der Waals surface area contributed by atoms with Gasteiger partial charge in [0.05, 0.1) is 4.90 Å². The lowest BCUT2D eigenvalue weighted by atomic mass is 9.96. The van der Waals surface area contributed by atoms with Crippen molar-refractivity contribution in [3.63, 3.8) is 0 Å². The van der Waals surface area contributed by atoms with E-state index in [1.54, 1.807) is 16.4 Å². The van der Waals surface area contributed by atoms with E-state index in [-0.39, 0.29) is 11.8 Å². The molecule has 2 aliphatic heterocycles. The van der Waals surface area contributed by atoms with Crippen LogP contribution in [-0.2, 0) is 28.4 Å². The highest BCUT2D eigenvalue weighted by Crippen LogP contribution is 2.27. The largest absolute Gasteiger partial charge is 0.351 e. The van der Waals surface area contributed by atoms with Gasteiger partial charge in [-0.15, -0.1) is 0 Å². The van der Waals surface area contributed by atoms with Gasteiger partial charge in [0.1, 0.15) is 0 Å². The van der Waals surface area contributed by atoms with Gasteiger partial charge in [-0.2, -0.15) is 4.31 Å². The molecule has 0 aliphatic carbocycles. The molecule has 0 saturated carbocycles. The number of aryl methyl sites for hydroxylation is 1. The average molecular weight is 481 g/mol. The number of rotatable bonds is 5. The molecular formula is C26H32N4O3S. The van der Waals surface area contributed by atoms with Crippen molar-refractivity contribution >= 4 is 26.8 Å². The fraction of sp³-hybridized carbons (Fsp3) is 0.423. The Kier molecular flexibility index (Phi) is 6.46. The van der Waals surface area contributed by atoms with Gasteiger partial charge in [0, 0.05) is 75.9 Å². The fourth-order valence-electron chi connectivity index (χ4n) is 5.14. The SMILES string of the molecule is Cn1ccc2cc(S(=O)(=O)N3CCC(C(=O)N4CCN(Cc5ccccc5)CC4)CC3)ccc21. The lowest BCUT2D eigenvalue weighted by Crippen LogP contribution is -2.51. The fourth-order valence-corrected chi connectivity index (χ4v) is 6.64. The molecule has 0 spiro atoms. The van der Waals surface area contributed by atoms with Gasteiger partial charge < -0.3 is 9.47 Å². The Morgan fingerprint density at radius 2 is 1.62 bits per heavy atom. The van der Waals surface area contributed by atoms with Gasteiger partial charge in [0.25, 0.3) is 0 Å². The monoisotopic (exact) mass is 480 g/mol. The highest BCUT2D eigenvalue weighted by Gasteiger charge is 2.34. The predicted octanol–water partition coefficient (Wildman–Crippen LogP) is 2.92. The van der Waals surface area contributed by atoms with E-state index in [0.29, 0.717) is 30.8 Å². The summed E-state index contributed by atoms with van der Waals surface area (Å²) in [6, 6.07) is 17.6. The van der Waals surface area contributed by atoms with Crippen LogP contribution in [0.5, 0.6) is 0 Å². The summed E-state index contributed by atoms with van der Waals surface area (Å²) in [6.07, 6.45) is 3.09. The van der Waals surface area contributed by atoms with Crippen molar-refractivity contribution in [2.75, 3.05) is 39.3 Å². The van der Waals surface area contributed by atoms with Crippen LogP contribution in [0, 0.1) is 5.92 Å². The van der Waals surface area contributed by atoms with Gasteiger partial charge in [-0.3, -0.25) is 9.69 Å². The van der Waals surface area contributed by atoms with Crippen molar-refractivity contribution in [1.82, 2.24) is 18.7 Å². The lowest BCUT2D eigenvalue weighted by molar-refractivity contribution is -0.138. The molecule has 2 aliphatic rings. The van der Waals surface area contributed by atoms with Crippen LogP contribution in [0.2, 0.25) is 0 Å². The first-order valence-corrected chi connectivity index (χ1v) is 13.5. The summed E-state index contributed by atoms with van der Waals surface area (Å²) in [7, 11) is -1.62. The van der Waals surface area contributed by atoms with Crippen molar-refractivity contribution in [3.05, 3.63) is 66.4 Å². The molecule has 7 nitrogen and oxygen atoms in total. The number of amides is 1. The number of hydrogen-bond acceptors (Lipinski definition) is 4. The van der Waals surface area contributed by atoms with E-state index in [0.717, 1.165) is 43.6 Å². The minimum Gasteiger partial charge on any atom is -0.351 e. The van der Waals surface area contributed by atoms with E-state index < -0.39 is 10.0 Å². The maximum Gasteiger partial charge on any atom is 0.243 e. The van der Waals surface area contributed by atoms with Gasteiger partial charge in [-0.1, -0.05) is 30.3 Å². The first kappa shape index (κ1) is 23.1. The minimum atomic E-state index is -3.56. The van der Waals surface area contributed by atoms with Crippen LogP contribution < -0.4 is 0 Å². The van der Waals surface area contributed by atoms with Crippen molar-refractivity contribution in [3.8, 4) is 0 Å². The Balaban J connectivity index is 1.15. The summed E-state index contributed by atoms with van der Waals surface area (Å²) in [6.45, 7) is 4.90. The third-order valence-electron chi connectivity index (χ3n) is 7.23. The second-order valence-corrected chi connectivity index (χ2v) is 11.4. The van der Waals surface area contributed by atoms with Crippen LogP contribution in [0.25, 0.3) is 10.9 Å². The molecule has 0 radical (unpaired) electrons. The number of hydrogen-bond donors (Lipinski definition) is 0. The molecule has 3 heterocycles. The van der Waals surface area contributed by atoms with Gasteiger partial charge in [-0.05, 0) is 42.7 Å². The number of carbonyl (C=O) groups is 1. The molecule has 34 heavy (non-hydrogen) atoms. The van der Waals surface area contributed by atoms with E-state index in [2.05, 4.69) is 29.2 Å². The van der Waals surface area contributed by atoms with Crippen LogP contribution in [0.3, 0.4) is 0 Å². The molecule has 0 unspecified atom stereocenters. The normalized spacial score (nSPS) is 19.0. The molecule has 8 heteroatoms. The summed E-state index contributed by atoms with van der Waals surface area (Å²) < 4.78 is 30.0. The molecule has 3 aromatic rings. The molecule has 2 fully saturated rings. The summed E-state index contributed by atoms with van der Waals surface area (Å²) in [5.74, 6) is 0.0887. The summed E-state index contributed by atoms with van der Waals surface area (Å²) in [4.78, 5) is 17.8. The van der Waals surface area contributed by atoms with E-state index in [1.165, 1.54) is 5.56 Å². The Hall–Kier alpha value is -2.68. The van der Waals surface area contributed by atoms with Gasteiger partial charge >= 0.3 is 0 Å². The average Bonchev–Trinajstić information content (AvgIpc) is 3.25. The van der Waals surface area contributed by atoms with Gasteiger partial charge in [0.15, 0.2) is 0 Å². The van der Waals surface area contributed by atoms with Crippen molar-refractivity contribution < 1.29 is 13.2 Å². The van der Waals surface area contributed by atoms with Crippen LogP contribution in [0.1, 0.15) is 18.4 Å². The third kappa shape index (κ3) is 4.62. The number of nitrogens with zero attached hydrogens (tertiary/aromatic N) is 4. The van der Waals surface area contributed by atoms with Gasteiger partial charge in [-0.25, -0.2) is 8.42 Å². The van der Waals surface area contributed by atoms with E-state index in [4.69, 9.17) is 0 Å².